The Bertz CT molecular complexity index is 629. The van der Waals surface area contributed by atoms with Gasteiger partial charge in [0.2, 0.25) is 0 Å². The zero-order valence-electron chi connectivity index (χ0n) is 12.3. The number of aliphatic hydroxyl groups excluding tert-OH is 1. The van der Waals surface area contributed by atoms with Gasteiger partial charge in [-0.2, -0.15) is 0 Å². The van der Waals surface area contributed by atoms with E-state index in [4.69, 9.17) is 0 Å². The number of hydrogen-bond donors (Lipinski definition) is 1. The number of likely N-dealkylation sites (tertiary alicyclic amines) is 1. The molecule has 3 nitrogen and oxygen atoms in total. The lowest BCUT2D eigenvalue weighted by Crippen LogP contribution is -2.31. The van der Waals surface area contributed by atoms with Crippen molar-refractivity contribution >= 4 is 26.8 Å². The lowest BCUT2D eigenvalue weighted by Gasteiger charge is -2.26. The SMILES string of the molecule is CC(O)CC1CCCN1Cc1ccc(Br)c2cccnc12. The molecule has 2 unspecified atom stereocenters. The Morgan fingerprint density at radius 3 is 3.10 bits per heavy atom. The van der Waals surface area contributed by atoms with Crippen molar-refractivity contribution < 1.29 is 5.11 Å². The summed E-state index contributed by atoms with van der Waals surface area (Å²) in [7, 11) is 0. The molecule has 112 valence electrons. The molecule has 0 amide bonds. The summed E-state index contributed by atoms with van der Waals surface area (Å²) in [5, 5.41) is 10.8. The highest BCUT2D eigenvalue weighted by molar-refractivity contribution is 9.10. The van der Waals surface area contributed by atoms with E-state index in [1.807, 2.05) is 19.2 Å². The molecular formula is C17H21BrN2O. The van der Waals surface area contributed by atoms with Crippen LogP contribution >= 0.6 is 15.9 Å². The Balaban J connectivity index is 1.86. The van der Waals surface area contributed by atoms with E-state index in [1.54, 1.807) is 0 Å². The van der Waals surface area contributed by atoms with Crippen molar-refractivity contribution in [3.8, 4) is 0 Å². The fraction of sp³-hybridized carbons (Fsp3) is 0.471. The third-order valence-electron chi connectivity index (χ3n) is 4.29. The van der Waals surface area contributed by atoms with Crippen LogP contribution in [0.4, 0.5) is 0 Å². The number of aliphatic hydroxyl groups is 1. The fourth-order valence-corrected chi connectivity index (χ4v) is 3.76. The Morgan fingerprint density at radius 2 is 2.29 bits per heavy atom. The van der Waals surface area contributed by atoms with Gasteiger partial charge >= 0.3 is 0 Å². The van der Waals surface area contributed by atoms with Gasteiger partial charge in [-0.05, 0) is 50.4 Å². The van der Waals surface area contributed by atoms with Crippen LogP contribution in [0.2, 0.25) is 0 Å². The van der Waals surface area contributed by atoms with Crippen LogP contribution in [0.5, 0.6) is 0 Å². The zero-order valence-corrected chi connectivity index (χ0v) is 13.9. The van der Waals surface area contributed by atoms with Gasteiger partial charge in [-0.3, -0.25) is 9.88 Å². The van der Waals surface area contributed by atoms with Crippen molar-refractivity contribution in [2.75, 3.05) is 6.54 Å². The summed E-state index contributed by atoms with van der Waals surface area (Å²) < 4.78 is 1.09. The van der Waals surface area contributed by atoms with Crippen molar-refractivity contribution in [2.24, 2.45) is 0 Å². The monoisotopic (exact) mass is 348 g/mol. The van der Waals surface area contributed by atoms with Crippen molar-refractivity contribution in [3.63, 3.8) is 0 Å². The molecule has 0 radical (unpaired) electrons. The van der Waals surface area contributed by atoms with E-state index in [0.29, 0.717) is 6.04 Å². The molecular weight excluding hydrogens is 328 g/mol. The van der Waals surface area contributed by atoms with Crippen molar-refractivity contribution in [1.29, 1.82) is 0 Å². The van der Waals surface area contributed by atoms with E-state index in [2.05, 4.69) is 44.0 Å². The first-order valence-electron chi connectivity index (χ1n) is 7.59. The van der Waals surface area contributed by atoms with E-state index in [1.165, 1.54) is 23.8 Å². The Morgan fingerprint density at radius 1 is 1.43 bits per heavy atom. The highest BCUT2D eigenvalue weighted by atomic mass is 79.9. The number of hydrogen-bond acceptors (Lipinski definition) is 3. The van der Waals surface area contributed by atoms with E-state index >= 15 is 0 Å². The molecule has 1 aromatic heterocycles. The predicted molar refractivity (Wildman–Crippen MR) is 89.2 cm³/mol. The molecule has 21 heavy (non-hydrogen) atoms. The van der Waals surface area contributed by atoms with Crippen LogP contribution in [0.3, 0.4) is 0 Å². The molecule has 1 fully saturated rings. The number of nitrogens with zero attached hydrogens (tertiary/aromatic N) is 2. The second kappa shape index (κ2) is 6.42. The van der Waals surface area contributed by atoms with Crippen LogP contribution in [0.25, 0.3) is 10.9 Å². The molecule has 2 heterocycles. The Kier molecular flexibility index (Phi) is 4.57. The van der Waals surface area contributed by atoms with Crippen molar-refractivity contribution in [2.45, 2.75) is 44.9 Å². The first-order chi connectivity index (χ1) is 10.1. The summed E-state index contributed by atoms with van der Waals surface area (Å²) in [6, 6.07) is 8.85. The molecule has 2 aromatic rings. The fourth-order valence-electron chi connectivity index (χ4n) is 3.31. The van der Waals surface area contributed by atoms with Crippen LogP contribution in [0, 0.1) is 0 Å². The minimum Gasteiger partial charge on any atom is -0.393 e. The Hall–Kier alpha value is -0.970. The smallest absolute Gasteiger partial charge is 0.0758 e. The van der Waals surface area contributed by atoms with Gasteiger partial charge in [-0.15, -0.1) is 0 Å². The highest BCUT2D eigenvalue weighted by Crippen LogP contribution is 2.29. The van der Waals surface area contributed by atoms with Gasteiger partial charge in [0, 0.05) is 28.6 Å². The molecule has 4 heteroatoms. The average Bonchev–Trinajstić information content (AvgIpc) is 2.89. The summed E-state index contributed by atoms with van der Waals surface area (Å²) in [5.41, 5.74) is 2.35. The minimum atomic E-state index is -0.226. The molecule has 2 atom stereocenters. The van der Waals surface area contributed by atoms with Gasteiger partial charge in [0.15, 0.2) is 0 Å². The van der Waals surface area contributed by atoms with E-state index in [9.17, 15) is 5.11 Å². The summed E-state index contributed by atoms with van der Waals surface area (Å²) in [4.78, 5) is 7.05. The van der Waals surface area contributed by atoms with Gasteiger partial charge in [0.25, 0.3) is 0 Å². The van der Waals surface area contributed by atoms with E-state index in [0.717, 1.165) is 29.5 Å². The van der Waals surface area contributed by atoms with Crippen LogP contribution < -0.4 is 0 Å². The molecule has 0 aliphatic carbocycles. The molecule has 1 saturated heterocycles. The molecule has 1 aliphatic rings. The third kappa shape index (κ3) is 3.28. The van der Waals surface area contributed by atoms with Gasteiger partial charge in [0.1, 0.15) is 0 Å². The highest BCUT2D eigenvalue weighted by Gasteiger charge is 2.26. The predicted octanol–water partition coefficient (Wildman–Crippen LogP) is 3.73. The van der Waals surface area contributed by atoms with Gasteiger partial charge in [0.05, 0.1) is 11.6 Å². The zero-order chi connectivity index (χ0) is 14.8. The molecule has 1 aromatic carbocycles. The van der Waals surface area contributed by atoms with Gasteiger partial charge in [-0.25, -0.2) is 0 Å². The second-order valence-electron chi connectivity index (χ2n) is 5.96. The molecule has 0 bridgehead atoms. The molecule has 1 aliphatic heterocycles. The number of pyridine rings is 1. The summed E-state index contributed by atoms with van der Waals surface area (Å²) >= 11 is 3.60. The summed E-state index contributed by atoms with van der Waals surface area (Å²) in [6.45, 7) is 3.91. The topological polar surface area (TPSA) is 36.4 Å². The van der Waals surface area contributed by atoms with Crippen LogP contribution in [0.1, 0.15) is 31.7 Å². The molecule has 3 rings (SSSR count). The number of fused-ring (bicyclic) bond motifs is 1. The van der Waals surface area contributed by atoms with E-state index < -0.39 is 0 Å². The first kappa shape index (κ1) is 14.9. The Labute approximate surface area is 134 Å². The maximum Gasteiger partial charge on any atom is 0.0758 e. The maximum atomic E-state index is 9.66. The number of aromatic nitrogens is 1. The van der Waals surface area contributed by atoms with Gasteiger partial charge < -0.3 is 5.11 Å². The van der Waals surface area contributed by atoms with E-state index in [-0.39, 0.29) is 6.10 Å². The van der Waals surface area contributed by atoms with Crippen LogP contribution in [-0.4, -0.2) is 33.7 Å². The maximum absolute atomic E-state index is 9.66. The molecule has 1 N–H and O–H groups in total. The van der Waals surface area contributed by atoms with Crippen LogP contribution in [0.15, 0.2) is 34.9 Å². The number of benzene rings is 1. The second-order valence-corrected chi connectivity index (χ2v) is 6.81. The quantitative estimate of drug-likeness (QED) is 0.914. The summed E-state index contributed by atoms with van der Waals surface area (Å²) in [6.07, 6.45) is 4.90. The first-order valence-corrected chi connectivity index (χ1v) is 8.38. The molecule has 0 saturated carbocycles. The average molecular weight is 349 g/mol. The largest absolute Gasteiger partial charge is 0.393 e. The summed E-state index contributed by atoms with van der Waals surface area (Å²) in [5.74, 6) is 0. The number of rotatable bonds is 4. The van der Waals surface area contributed by atoms with Crippen molar-refractivity contribution in [3.05, 3.63) is 40.5 Å². The van der Waals surface area contributed by atoms with Crippen LogP contribution in [-0.2, 0) is 6.54 Å². The minimum absolute atomic E-state index is 0.226. The van der Waals surface area contributed by atoms with Crippen molar-refractivity contribution in [1.82, 2.24) is 9.88 Å². The number of halogens is 1. The standard InChI is InChI=1S/C17H21BrN2O/c1-12(21)10-14-4-3-9-20(14)11-13-6-7-16(18)15-5-2-8-19-17(13)15/h2,5-8,12,14,21H,3-4,9-11H2,1H3. The van der Waals surface area contributed by atoms with Gasteiger partial charge in [-0.1, -0.05) is 28.1 Å². The molecule has 0 spiro atoms. The third-order valence-corrected chi connectivity index (χ3v) is 4.98. The lowest BCUT2D eigenvalue weighted by atomic mass is 10.1. The lowest BCUT2D eigenvalue weighted by molar-refractivity contribution is 0.131. The normalized spacial score (nSPS) is 21.0.